The monoisotopic (exact) mass is 835 g/mol. The minimum Gasteiger partial charge on any atom is -0.456 e. The van der Waals surface area contributed by atoms with Gasteiger partial charge in [-0.1, -0.05) is 92.7 Å². The Morgan fingerprint density at radius 1 is 0.820 bits per heavy atom. The van der Waals surface area contributed by atoms with Crippen LogP contribution in [0.2, 0.25) is 0 Å². The first-order valence-electron chi connectivity index (χ1n) is 20.1. The fraction of sp³-hybridized carbons (Fsp3) is 0.404. The predicted molar refractivity (Wildman–Crippen MR) is 216 cm³/mol. The predicted octanol–water partition coefficient (Wildman–Crippen LogP) is 4.54. The summed E-state index contributed by atoms with van der Waals surface area (Å²) in [6.45, 7) is 8.39. The number of fused-ring (bicyclic) bond motifs is 5. The van der Waals surface area contributed by atoms with Crippen LogP contribution in [0.5, 0.6) is 0 Å². The highest BCUT2D eigenvalue weighted by Crippen LogP contribution is 2.63. The topological polar surface area (TPSA) is 201 Å². The SMILES string of the molecule is CC(=O)O[C@H]1C(=O)[C@]2(C)C=C[C@H]3OC[C@@]3(OC(C)=O)C2C(OC(=O)c2ccccc2)[C@]2(O)C[C@H](OC(=O)[C@H](O)[C@@H](NC(=O)c3ccccc3)c3ccccc3)C(C)=C1C2(C)C. The maximum absolute atomic E-state index is 15.4. The lowest BCUT2D eigenvalue weighted by molar-refractivity contribution is -0.306. The third kappa shape index (κ3) is 7.36. The Labute approximate surface area is 352 Å². The molecule has 10 atom stereocenters. The highest BCUT2D eigenvalue weighted by molar-refractivity contribution is 5.97. The number of aliphatic hydroxyl groups is 2. The van der Waals surface area contributed by atoms with Crippen molar-refractivity contribution in [3.05, 3.63) is 131 Å². The number of esters is 4. The van der Waals surface area contributed by atoms with Crippen LogP contribution < -0.4 is 5.32 Å². The van der Waals surface area contributed by atoms with Gasteiger partial charge in [0.15, 0.2) is 23.6 Å². The largest absolute Gasteiger partial charge is 0.456 e. The van der Waals surface area contributed by atoms with Gasteiger partial charge in [-0.15, -0.1) is 0 Å². The van der Waals surface area contributed by atoms with Gasteiger partial charge in [-0.25, -0.2) is 9.59 Å². The van der Waals surface area contributed by atoms with Gasteiger partial charge in [-0.05, 0) is 54.8 Å². The molecule has 4 aliphatic rings. The summed E-state index contributed by atoms with van der Waals surface area (Å²) in [6, 6.07) is 23.2. The maximum Gasteiger partial charge on any atom is 0.338 e. The van der Waals surface area contributed by atoms with Crippen LogP contribution in [0, 0.1) is 16.7 Å². The zero-order chi connectivity index (χ0) is 44.1. The van der Waals surface area contributed by atoms with E-state index in [0.29, 0.717) is 5.56 Å². The number of aliphatic hydroxyl groups excluding tert-OH is 1. The minimum absolute atomic E-state index is 0.0769. The second-order valence-corrected chi connectivity index (χ2v) is 16.9. The molecule has 3 aliphatic carbocycles. The van der Waals surface area contributed by atoms with Gasteiger partial charge in [0.2, 0.25) is 0 Å². The summed E-state index contributed by atoms with van der Waals surface area (Å²) in [5, 5.41) is 28.2. The molecule has 0 radical (unpaired) electrons. The van der Waals surface area contributed by atoms with E-state index in [-0.39, 0.29) is 28.9 Å². The van der Waals surface area contributed by atoms with Crippen molar-refractivity contribution in [2.75, 3.05) is 6.61 Å². The van der Waals surface area contributed by atoms with E-state index in [0.717, 1.165) is 6.92 Å². The molecule has 1 saturated carbocycles. The van der Waals surface area contributed by atoms with Crippen molar-refractivity contribution in [1.82, 2.24) is 5.32 Å². The summed E-state index contributed by atoms with van der Waals surface area (Å²) < 4.78 is 30.4. The van der Waals surface area contributed by atoms with Crippen molar-refractivity contribution in [1.29, 1.82) is 0 Å². The zero-order valence-corrected chi connectivity index (χ0v) is 34.7. The van der Waals surface area contributed by atoms with Crippen LogP contribution in [0.25, 0.3) is 0 Å². The lowest BCUT2D eigenvalue weighted by atomic mass is 9.46. The van der Waals surface area contributed by atoms with Gasteiger partial charge >= 0.3 is 23.9 Å². The molecule has 1 aliphatic heterocycles. The van der Waals surface area contributed by atoms with Crippen LogP contribution >= 0.6 is 0 Å². The zero-order valence-electron chi connectivity index (χ0n) is 34.7. The van der Waals surface area contributed by atoms with E-state index in [1.54, 1.807) is 119 Å². The first-order chi connectivity index (χ1) is 28.9. The quantitative estimate of drug-likeness (QED) is 0.146. The Morgan fingerprint density at radius 3 is 1.97 bits per heavy atom. The van der Waals surface area contributed by atoms with Gasteiger partial charge in [-0.2, -0.15) is 0 Å². The fourth-order valence-corrected chi connectivity index (χ4v) is 9.73. The number of hydrogen-bond acceptors (Lipinski definition) is 13. The van der Waals surface area contributed by atoms with Gasteiger partial charge in [-0.3, -0.25) is 19.2 Å². The summed E-state index contributed by atoms with van der Waals surface area (Å²) >= 11 is 0. The highest BCUT2D eigenvalue weighted by atomic mass is 16.6. The van der Waals surface area contributed by atoms with Gasteiger partial charge in [0.25, 0.3) is 5.91 Å². The molecule has 0 aromatic heterocycles. The number of hydrogen-bond donors (Lipinski definition) is 3. The number of ketones is 1. The molecule has 1 heterocycles. The molecule has 0 spiro atoms. The van der Waals surface area contributed by atoms with Crippen molar-refractivity contribution in [3.63, 3.8) is 0 Å². The molecule has 2 fully saturated rings. The molecule has 3 N–H and O–H groups in total. The van der Waals surface area contributed by atoms with Crippen molar-refractivity contribution in [2.45, 2.75) is 95.7 Å². The number of rotatable bonds is 10. The molecule has 7 rings (SSSR count). The van der Waals surface area contributed by atoms with E-state index in [2.05, 4.69) is 5.32 Å². The molecule has 61 heavy (non-hydrogen) atoms. The summed E-state index contributed by atoms with van der Waals surface area (Å²) in [5.74, 6) is -6.27. The second-order valence-electron chi connectivity index (χ2n) is 16.9. The first kappa shape index (κ1) is 43.1. The molecule has 14 nitrogen and oxygen atoms in total. The van der Waals surface area contributed by atoms with E-state index in [4.69, 9.17) is 23.7 Å². The second kappa shape index (κ2) is 16.1. The molecule has 2 bridgehead atoms. The van der Waals surface area contributed by atoms with Crippen molar-refractivity contribution in [3.8, 4) is 0 Å². The van der Waals surface area contributed by atoms with Crippen LogP contribution in [-0.2, 0) is 42.9 Å². The number of nitrogens with one attached hydrogen (secondary N) is 1. The van der Waals surface area contributed by atoms with E-state index in [1.807, 2.05) is 0 Å². The Hall–Kier alpha value is -5.96. The molecular formula is C47H49NO13. The van der Waals surface area contributed by atoms with Gasteiger partial charge in [0.1, 0.15) is 23.9 Å². The summed E-state index contributed by atoms with van der Waals surface area (Å²) in [6.07, 6.45) is -5.14. The van der Waals surface area contributed by atoms with Gasteiger partial charge in [0, 0.05) is 31.2 Å². The lowest BCUT2D eigenvalue weighted by Crippen LogP contribution is -2.78. The maximum atomic E-state index is 15.4. The third-order valence-corrected chi connectivity index (χ3v) is 12.9. The third-order valence-electron chi connectivity index (χ3n) is 12.9. The summed E-state index contributed by atoms with van der Waals surface area (Å²) in [7, 11) is 0. The minimum atomic E-state index is -2.30. The number of carbonyl (C=O) groups is 6. The lowest BCUT2D eigenvalue weighted by Gasteiger charge is -2.65. The number of ether oxygens (including phenoxy) is 5. The van der Waals surface area contributed by atoms with Crippen LogP contribution in [0.1, 0.15) is 80.3 Å². The Morgan fingerprint density at radius 2 is 1.41 bits per heavy atom. The molecular weight excluding hydrogens is 787 g/mol. The van der Waals surface area contributed by atoms with Crippen LogP contribution in [-0.4, -0.2) is 94.1 Å². The molecule has 3 aromatic carbocycles. The standard InChI is InChI=1S/C47H49NO13/c1-26-32(59-43(55)36(51)35(29-16-10-7-11-17-29)48-41(53)30-18-12-8-13-19-30)24-47(56)40(60-42(54)31-20-14-9-15-21-31)38-45(6,23-22-33-46(38,25-57-33)61-28(3)50)39(52)37(58-27(2)49)34(26)44(47,4)5/h7-23,32-33,35-38,40,51,56H,24-25H2,1-6H3,(H,48,53)/t32-,33+,35-,36+,37+,38?,40?,45+,46-,47+/m0/s1. The van der Waals surface area contributed by atoms with Gasteiger partial charge < -0.3 is 39.2 Å². The first-order valence-corrected chi connectivity index (χ1v) is 20.1. The normalized spacial score (nSPS) is 30.7. The molecule has 1 amide bonds. The number of benzene rings is 3. The molecule has 1 saturated heterocycles. The number of allylic oxidation sites excluding steroid dienone is 1. The van der Waals surface area contributed by atoms with Crippen LogP contribution in [0.3, 0.4) is 0 Å². The Balaban J connectivity index is 1.38. The van der Waals surface area contributed by atoms with Crippen LogP contribution in [0.15, 0.2) is 114 Å². The Bertz CT molecular complexity index is 2290. The average Bonchev–Trinajstić information content (AvgIpc) is 3.22. The van der Waals surface area contributed by atoms with E-state index in [9.17, 15) is 34.2 Å². The van der Waals surface area contributed by atoms with Crippen molar-refractivity contribution < 1.29 is 62.7 Å². The molecule has 14 heteroatoms. The van der Waals surface area contributed by atoms with E-state index in [1.165, 1.54) is 19.1 Å². The summed E-state index contributed by atoms with van der Waals surface area (Å²) in [5.41, 5.74) is -6.24. The fourth-order valence-electron chi connectivity index (χ4n) is 9.73. The highest BCUT2D eigenvalue weighted by Gasteiger charge is 2.75. The van der Waals surface area contributed by atoms with Crippen molar-refractivity contribution >= 4 is 35.6 Å². The van der Waals surface area contributed by atoms with Gasteiger partial charge in [0.05, 0.1) is 29.5 Å². The molecule has 2 unspecified atom stereocenters. The Kier molecular flexibility index (Phi) is 11.4. The molecule has 3 aromatic rings. The number of amides is 1. The summed E-state index contributed by atoms with van der Waals surface area (Å²) in [4.78, 5) is 83.2. The van der Waals surface area contributed by atoms with Crippen molar-refractivity contribution in [2.24, 2.45) is 16.7 Å². The van der Waals surface area contributed by atoms with E-state index < -0.39 is 107 Å². The van der Waals surface area contributed by atoms with E-state index >= 15 is 4.79 Å². The molecule has 320 valence electrons. The number of Topliss-reactive ketones (excluding diaryl/α,β-unsaturated/α-hetero) is 1. The van der Waals surface area contributed by atoms with Crippen LogP contribution in [0.4, 0.5) is 0 Å². The average molecular weight is 836 g/mol. The smallest absolute Gasteiger partial charge is 0.338 e. The number of carbonyl (C=O) groups excluding carboxylic acids is 6.